The summed E-state index contributed by atoms with van der Waals surface area (Å²) in [4.78, 5) is 23.7. The summed E-state index contributed by atoms with van der Waals surface area (Å²) in [5, 5.41) is 7.93. The van der Waals surface area contributed by atoms with Crippen LogP contribution in [0, 0.1) is 0 Å². The Morgan fingerprint density at radius 2 is 1.91 bits per heavy atom. The van der Waals surface area contributed by atoms with E-state index in [9.17, 15) is 9.59 Å². The third-order valence-corrected chi connectivity index (χ3v) is 3.34. The van der Waals surface area contributed by atoms with Crippen molar-refractivity contribution in [2.24, 2.45) is 0 Å². The van der Waals surface area contributed by atoms with Crippen molar-refractivity contribution in [3.8, 4) is 11.3 Å². The van der Waals surface area contributed by atoms with Gasteiger partial charge in [0.15, 0.2) is 0 Å². The topological polar surface area (TPSA) is 72.0 Å². The first-order valence-electron chi connectivity index (χ1n) is 6.95. The number of aromatic amines is 1. The molecule has 0 atom stereocenters. The van der Waals surface area contributed by atoms with Crippen LogP contribution in [0.2, 0.25) is 0 Å². The first-order chi connectivity index (χ1) is 10.7. The van der Waals surface area contributed by atoms with E-state index in [0.717, 1.165) is 10.9 Å². The number of ether oxygens (including phenoxy) is 1. The van der Waals surface area contributed by atoms with Crippen LogP contribution in [0.4, 0.5) is 0 Å². The van der Waals surface area contributed by atoms with Gasteiger partial charge in [0.25, 0.3) is 5.56 Å². The predicted molar refractivity (Wildman–Crippen MR) is 83.8 cm³/mol. The highest BCUT2D eigenvalue weighted by Gasteiger charge is 2.11. The number of hydrogen-bond donors (Lipinski definition) is 1. The minimum atomic E-state index is -0.377. The lowest BCUT2D eigenvalue weighted by Crippen LogP contribution is -2.09. The number of rotatable bonds is 3. The molecule has 1 heterocycles. The highest BCUT2D eigenvalue weighted by molar-refractivity contribution is 5.96. The smallest absolute Gasteiger partial charge is 0.338 e. The number of nitrogens with zero attached hydrogens (tertiary/aromatic N) is 1. The molecule has 0 aliphatic heterocycles. The Kier molecular flexibility index (Phi) is 3.70. The van der Waals surface area contributed by atoms with Gasteiger partial charge < -0.3 is 4.74 Å². The van der Waals surface area contributed by atoms with E-state index in [4.69, 9.17) is 4.74 Å². The van der Waals surface area contributed by atoms with E-state index < -0.39 is 0 Å². The predicted octanol–water partition coefficient (Wildman–Crippen LogP) is 2.77. The number of carbonyl (C=O) groups is 1. The van der Waals surface area contributed by atoms with Gasteiger partial charge in [0.2, 0.25) is 0 Å². The van der Waals surface area contributed by atoms with Crippen molar-refractivity contribution in [1.82, 2.24) is 10.2 Å². The van der Waals surface area contributed by atoms with Crippen LogP contribution in [0.3, 0.4) is 0 Å². The van der Waals surface area contributed by atoms with Crippen LogP contribution in [-0.2, 0) is 4.74 Å². The van der Waals surface area contributed by atoms with Crippen LogP contribution >= 0.6 is 0 Å². The van der Waals surface area contributed by atoms with E-state index in [-0.39, 0.29) is 11.5 Å². The second-order valence-electron chi connectivity index (χ2n) is 4.75. The molecule has 0 bridgehead atoms. The van der Waals surface area contributed by atoms with Gasteiger partial charge in [-0.25, -0.2) is 9.89 Å². The van der Waals surface area contributed by atoms with Crippen LogP contribution in [0.25, 0.3) is 22.0 Å². The van der Waals surface area contributed by atoms with Gasteiger partial charge in [-0.05, 0) is 25.1 Å². The second-order valence-corrected chi connectivity index (χ2v) is 4.75. The molecule has 0 fully saturated rings. The fourth-order valence-electron chi connectivity index (χ4n) is 2.34. The molecule has 0 saturated heterocycles. The number of nitrogens with one attached hydrogen (secondary N) is 1. The first kappa shape index (κ1) is 14.0. The summed E-state index contributed by atoms with van der Waals surface area (Å²) < 4.78 is 5.01. The summed E-state index contributed by atoms with van der Waals surface area (Å²) in [6.07, 6.45) is 0. The molecule has 22 heavy (non-hydrogen) atoms. The van der Waals surface area contributed by atoms with E-state index in [2.05, 4.69) is 10.2 Å². The van der Waals surface area contributed by atoms with Gasteiger partial charge in [0.1, 0.15) is 0 Å². The van der Waals surface area contributed by atoms with Gasteiger partial charge in [-0.1, -0.05) is 30.3 Å². The average Bonchev–Trinajstić information content (AvgIpc) is 2.56. The van der Waals surface area contributed by atoms with Crippen LogP contribution in [-0.4, -0.2) is 22.8 Å². The summed E-state index contributed by atoms with van der Waals surface area (Å²) >= 11 is 0. The molecule has 0 amide bonds. The summed E-state index contributed by atoms with van der Waals surface area (Å²) in [6, 6.07) is 14.2. The fourth-order valence-corrected chi connectivity index (χ4v) is 2.34. The molecule has 0 spiro atoms. The lowest BCUT2D eigenvalue weighted by atomic mass is 10.0. The van der Waals surface area contributed by atoms with Crippen LogP contribution < -0.4 is 5.56 Å². The third-order valence-electron chi connectivity index (χ3n) is 3.34. The Morgan fingerprint density at radius 3 is 2.68 bits per heavy atom. The van der Waals surface area contributed by atoms with Gasteiger partial charge >= 0.3 is 5.97 Å². The van der Waals surface area contributed by atoms with Gasteiger partial charge in [-0.3, -0.25) is 4.79 Å². The van der Waals surface area contributed by atoms with Crippen molar-refractivity contribution >= 4 is 16.7 Å². The first-order valence-corrected chi connectivity index (χ1v) is 6.95. The molecule has 1 N–H and O–H groups in total. The zero-order valence-corrected chi connectivity index (χ0v) is 12.0. The highest BCUT2D eigenvalue weighted by atomic mass is 16.5. The molecule has 0 aliphatic carbocycles. The molecule has 0 saturated carbocycles. The number of H-pyrrole nitrogens is 1. The lowest BCUT2D eigenvalue weighted by molar-refractivity contribution is 0.0526. The Balaban J connectivity index is 2.16. The van der Waals surface area contributed by atoms with Crippen LogP contribution in [0.15, 0.2) is 53.3 Å². The molecule has 0 radical (unpaired) electrons. The Morgan fingerprint density at radius 1 is 1.14 bits per heavy atom. The molecule has 3 rings (SSSR count). The number of fused-ring (bicyclic) bond motifs is 1. The zero-order chi connectivity index (χ0) is 15.5. The Hall–Kier alpha value is -2.95. The van der Waals surface area contributed by atoms with E-state index in [1.807, 2.05) is 18.2 Å². The maximum atomic E-state index is 11.8. The van der Waals surface area contributed by atoms with Crippen molar-refractivity contribution < 1.29 is 9.53 Å². The Bertz CT molecular complexity index is 900. The summed E-state index contributed by atoms with van der Waals surface area (Å²) in [6.45, 7) is 2.08. The summed E-state index contributed by atoms with van der Waals surface area (Å²) in [5.74, 6) is -0.377. The highest BCUT2D eigenvalue weighted by Crippen LogP contribution is 2.24. The molecule has 0 aliphatic rings. The minimum Gasteiger partial charge on any atom is -0.462 e. The minimum absolute atomic E-state index is 0.235. The van der Waals surface area contributed by atoms with E-state index >= 15 is 0 Å². The average molecular weight is 294 g/mol. The summed E-state index contributed by atoms with van der Waals surface area (Å²) in [5.41, 5.74) is 1.59. The second kappa shape index (κ2) is 5.81. The van der Waals surface area contributed by atoms with E-state index in [1.54, 1.807) is 37.3 Å². The van der Waals surface area contributed by atoms with Gasteiger partial charge in [-0.2, -0.15) is 5.10 Å². The molecule has 0 unspecified atom stereocenters. The number of aromatic nitrogens is 2. The monoisotopic (exact) mass is 294 g/mol. The number of carbonyl (C=O) groups excluding carboxylic acids is 1. The van der Waals surface area contributed by atoms with E-state index in [0.29, 0.717) is 23.3 Å². The standard InChI is InChI=1S/C17H14N2O3/c1-2-22-17(21)12-7-5-6-11(10-12)15-13-8-3-4-9-14(13)16(20)19-18-15/h3-10H,2H2,1H3,(H,19,20). The molecular formula is C17H14N2O3. The van der Waals surface area contributed by atoms with E-state index in [1.165, 1.54) is 0 Å². The van der Waals surface area contributed by atoms with Crippen molar-refractivity contribution in [3.05, 3.63) is 64.4 Å². The molecule has 1 aromatic heterocycles. The maximum Gasteiger partial charge on any atom is 0.338 e. The largest absolute Gasteiger partial charge is 0.462 e. The van der Waals surface area contributed by atoms with Gasteiger partial charge in [0, 0.05) is 10.9 Å². The lowest BCUT2D eigenvalue weighted by Gasteiger charge is -2.07. The molecule has 5 nitrogen and oxygen atoms in total. The number of hydrogen-bond acceptors (Lipinski definition) is 4. The normalized spacial score (nSPS) is 10.6. The molecule has 3 aromatic rings. The summed E-state index contributed by atoms with van der Waals surface area (Å²) in [7, 11) is 0. The molecular weight excluding hydrogens is 280 g/mol. The molecule has 110 valence electrons. The number of esters is 1. The SMILES string of the molecule is CCOC(=O)c1cccc(-c2n[nH]c(=O)c3ccccc23)c1. The van der Waals surface area contributed by atoms with Crippen molar-refractivity contribution in [1.29, 1.82) is 0 Å². The van der Waals surface area contributed by atoms with Crippen molar-refractivity contribution in [2.45, 2.75) is 6.92 Å². The molecule has 5 heteroatoms. The van der Waals surface area contributed by atoms with Gasteiger partial charge in [0.05, 0.1) is 23.3 Å². The van der Waals surface area contributed by atoms with Crippen LogP contribution in [0.1, 0.15) is 17.3 Å². The third kappa shape index (κ3) is 2.48. The maximum absolute atomic E-state index is 11.8. The zero-order valence-electron chi connectivity index (χ0n) is 12.0. The van der Waals surface area contributed by atoms with Crippen molar-refractivity contribution in [3.63, 3.8) is 0 Å². The Labute approximate surface area is 126 Å². The van der Waals surface area contributed by atoms with Crippen LogP contribution in [0.5, 0.6) is 0 Å². The van der Waals surface area contributed by atoms with Crippen molar-refractivity contribution in [2.75, 3.05) is 6.61 Å². The molecule has 2 aromatic carbocycles. The van der Waals surface area contributed by atoms with Gasteiger partial charge in [-0.15, -0.1) is 0 Å². The quantitative estimate of drug-likeness (QED) is 0.754. The number of benzene rings is 2. The fraction of sp³-hybridized carbons (Fsp3) is 0.118.